The minimum Gasteiger partial charge on any atom is -0.325 e. The van der Waals surface area contributed by atoms with Gasteiger partial charge in [-0.2, -0.15) is 0 Å². The lowest BCUT2D eigenvalue weighted by Gasteiger charge is -2.14. The molecule has 0 spiro atoms. The van der Waals surface area contributed by atoms with Crippen LogP contribution >= 0.6 is 23.1 Å². The third kappa shape index (κ3) is 4.49. The summed E-state index contributed by atoms with van der Waals surface area (Å²) < 4.78 is 15.5. The molecule has 6 nitrogen and oxygen atoms in total. The molecule has 1 amide bonds. The molecule has 2 heterocycles. The Morgan fingerprint density at radius 3 is 2.59 bits per heavy atom. The number of nitrogens with zero attached hydrogens (tertiary/aromatic N) is 2. The van der Waals surface area contributed by atoms with Gasteiger partial charge in [-0.05, 0) is 73.3 Å². The van der Waals surface area contributed by atoms with E-state index < -0.39 is 5.82 Å². The Hall–Kier alpha value is -3.30. The molecule has 0 radical (unpaired) electrons. The number of halogens is 1. The number of thiophene rings is 1. The van der Waals surface area contributed by atoms with Crippen LogP contribution in [-0.2, 0) is 4.79 Å². The molecule has 9 heteroatoms. The maximum atomic E-state index is 13.6. The molecule has 0 fully saturated rings. The van der Waals surface area contributed by atoms with E-state index in [1.165, 1.54) is 41.0 Å². The maximum Gasteiger partial charge on any atom is 0.276 e. The van der Waals surface area contributed by atoms with Gasteiger partial charge in [0.05, 0.1) is 17.0 Å². The lowest BCUT2D eigenvalue weighted by molar-refractivity contribution is -0.113. The minimum absolute atomic E-state index is 0.0107. The number of carbonyl (C=O) groups excluding carboxylic acids is 2. The van der Waals surface area contributed by atoms with Crippen LogP contribution in [0.2, 0.25) is 0 Å². The predicted molar refractivity (Wildman–Crippen MR) is 126 cm³/mol. The van der Waals surface area contributed by atoms with Crippen molar-refractivity contribution in [3.8, 4) is 5.69 Å². The number of hydrogen-bond donors (Lipinski definition) is 1. The first-order chi connectivity index (χ1) is 15.3. The van der Waals surface area contributed by atoms with E-state index in [1.54, 1.807) is 42.6 Å². The molecular formula is C23H18FN3O3S2. The highest BCUT2D eigenvalue weighted by Crippen LogP contribution is 2.25. The third-order valence-corrected chi connectivity index (χ3v) is 6.59. The second-order valence-corrected chi connectivity index (χ2v) is 8.93. The number of thioether (sulfide) groups is 1. The van der Waals surface area contributed by atoms with E-state index in [4.69, 9.17) is 0 Å². The summed E-state index contributed by atoms with van der Waals surface area (Å²) in [5.41, 5.74) is 2.52. The number of anilines is 1. The summed E-state index contributed by atoms with van der Waals surface area (Å²) in [5.74, 6) is -0.722. The average molecular weight is 468 g/mol. The van der Waals surface area contributed by atoms with Gasteiger partial charge in [-0.3, -0.25) is 19.0 Å². The zero-order chi connectivity index (χ0) is 22.8. The number of ketones is 1. The molecule has 0 aliphatic carbocycles. The monoisotopic (exact) mass is 467 g/mol. The average Bonchev–Trinajstić information content (AvgIpc) is 3.22. The Labute approximate surface area is 191 Å². The van der Waals surface area contributed by atoms with E-state index in [9.17, 15) is 18.8 Å². The summed E-state index contributed by atoms with van der Waals surface area (Å²) in [4.78, 5) is 41.6. The van der Waals surface area contributed by atoms with Gasteiger partial charge in [-0.25, -0.2) is 9.37 Å². The van der Waals surface area contributed by atoms with Crippen LogP contribution in [0.5, 0.6) is 0 Å². The van der Waals surface area contributed by atoms with Crippen LogP contribution in [0.3, 0.4) is 0 Å². The lowest BCUT2D eigenvalue weighted by atomic mass is 10.1. The number of amides is 1. The summed E-state index contributed by atoms with van der Waals surface area (Å²) in [6, 6.07) is 12.5. The highest BCUT2D eigenvalue weighted by atomic mass is 32.2. The van der Waals surface area contributed by atoms with E-state index in [-0.39, 0.29) is 23.0 Å². The van der Waals surface area contributed by atoms with Gasteiger partial charge in [-0.1, -0.05) is 11.8 Å². The highest BCUT2D eigenvalue weighted by Gasteiger charge is 2.17. The smallest absolute Gasteiger partial charge is 0.276 e. The molecule has 32 heavy (non-hydrogen) atoms. The highest BCUT2D eigenvalue weighted by molar-refractivity contribution is 7.99. The van der Waals surface area contributed by atoms with Gasteiger partial charge in [0.1, 0.15) is 10.5 Å². The zero-order valence-corrected chi connectivity index (χ0v) is 18.8. The second kappa shape index (κ2) is 9.05. The molecule has 1 N–H and O–H groups in total. The van der Waals surface area contributed by atoms with Gasteiger partial charge in [0.15, 0.2) is 10.9 Å². The van der Waals surface area contributed by atoms with Gasteiger partial charge in [-0.15, -0.1) is 11.3 Å². The van der Waals surface area contributed by atoms with E-state index in [2.05, 4.69) is 10.3 Å². The Balaban J connectivity index is 1.61. The molecule has 2 aromatic carbocycles. The summed E-state index contributed by atoms with van der Waals surface area (Å²) >= 11 is 2.41. The zero-order valence-electron chi connectivity index (χ0n) is 17.2. The number of carbonyl (C=O) groups is 2. The van der Waals surface area contributed by atoms with Crippen LogP contribution in [0.15, 0.2) is 63.9 Å². The minimum atomic E-state index is -0.395. The number of Topliss-reactive ketones (excluding diaryl/α,β-unsaturated/α-hetero) is 1. The van der Waals surface area contributed by atoms with Crippen molar-refractivity contribution in [1.82, 2.24) is 9.55 Å². The van der Waals surface area contributed by atoms with Crippen molar-refractivity contribution in [2.45, 2.75) is 19.0 Å². The van der Waals surface area contributed by atoms with Gasteiger partial charge < -0.3 is 5.32 Å². The molecule has 2 aromatic heterocycles. The fourth-order valence-corrected chi connectivity index (χ4v) is 4.75. The van der Waals surface area contributed by atoms with Crippen molar-refractivity contribution >= 4 is 50.7 Å². The van der Waals surface area contributed by atoms with Gasteiger partial charge in [0.25, 0.3) is 5.56 Å². The van der Waals surface area contributed by atoms with Crippen molar-refractivity contribution in [3.05, 3.63) is 81.2 Å². The van der Waals surface area contributed by atoms with Crippen LogP contribution < -0.4 is 10.9 Å². The van der Waals surface area contributed by atoms with Crippen molar-refractivity contribution < 1.29 is 14.0 Å². The van der Waals surface area contributed by atoms with Crippen molar-refractivity contribution in [2.24, 2.45) is 0 Å². The molecule has 0 aliphatic heterocycles. The fourth-order valence-electron chi connectivity index (χ4n) is 3.19. The van der Waals surface area contributed by atoms with Crippen LogP contribution in [-0.4, -0.2) is 27.0 Å². The quantitative estimate of drug-likeness (QED) is 0.250. The number of aryl methyl sites for hydroxylation is 1. The molecule has 162 valence electrons. The van der Waals surface area contributed by atoms with Crippen LogP contribution in [0.4, 0.5) is 10.1 Å². The van der Waals surface area contributed by atoms with E-state index >= 15 is 0 Å². The SMILES string of the molecule is CC(=O)c1ccc(NC(=O)CSc2nc3ccsc3c(=O)n2-c2ccc(F)cc2C)cc1. The summed E-state index contributed by atoms with van der Waals surface area (Å²) in [7, 11) is 0. The second-order valence-electron chi connectivity index (χ2n) is 7.07. The van der Waals surface area contributed by atoms with Gasteiger partial charge in [0, 0.05) is 11.3 Å². The number of rotatable bonds is 6. The summed E-state index contributed by atoms with van der Waals surface area (Å²) in [6.45, 7) is 3.19. The fraction of sp³-hybridized carbons (Fsp3) is 0.130. The topological polar surface area (TPSA) is 81.1 Å². The molecule has 0 bridgehead atoms. The molecule has 4 rings (SSSR count). The van der Waals surface area contributed by atoms with Crippen LogP contribution in [0.1, 0.15) is 22.8 Å². The predicted octanol–water partition coefficient (Wildman–Crippen LogP) is 4.83. The first kappa shape index (κ1) is 21.9. The molecule has 0 aliphatic rings. The van der Waals surface area contributed by atoms with E-state index in [1.807, 2.05) is 0 Å². The van der Waals surface area contributed by atoms with Crippen LogP contribution in [0.25, 0.3) is 15.9 Å². The van der Waals surface area contributed by atoms with E-state index in [0.29, 0.717) is 37.9 Å². The molecule has 0 saturated carbocycles. The number of hydrogen-bond acceptors (Lipinski definition) is 6. The van der Waals surface area contributed by atoms with Crippen LogP contribution in [0, 0.1) is 12.7 Å². The van der Waals surface area contributed by atoms with Gasteiger partial charge >= 0.3 is 0 Å². The number of benzene rings is 2. The number of fused-ring (bicyclic) bond motifs is 1. The third-order valence-electron chi connectivity index (χ3n) is 4.76. The Kier molecular flexibility index (Phi) is 6.20. The van der Waals surface area contributed by atoms with Gasteiger partial charge in [0.2, 0.25) is 5.91 Å². The molecule has 0 atom stereocenters. The molecule has 0 unspecified atom stereocenters. The lowest BCUT2D eigenvalue weighted by Crippen LogP contribution is -2.23. The van der Waals surface area contributed by atoms with E-state index in [0.717, 1.165) is 11.8 Å². The molecular weight excluding hydrogens is 449 g/mol. The number of nitrogens with one attached hydrogen (secondary N) is 1. The normalized spacial score (nSPS) is 11.0. The van der Waals surface area contributed by atoms with Crippen molar-refractivity contribution in [3.63, 3.8) is 0 Å². The Morgan fingerprint density at radius 2 is 1.91 bits per heavy atom. The largest absolute Gasteiger partial charge is 0.325 e. The van der Waals surface area contributed by atoms with Crippen molar-refractivity contribution in [1.29, 1.82) is 0 Å². The molecule has 0 saturated heterocycles. The summed E-state index contributed by atoms with van der Waals surface area (Å²) in [6.07, 6.45) is 0. The summed E-state index contributed by atoms with van der Waals surface area (Å²) in [5, 5.41) is 4.90. The Morgan fingerprint density at radius 1 is 1.16 bits per heavy atom. The first-order valence-corrected chi connectivity index (χ1v) is 11.5. The Bertz CT molecular complexity index is 1390. The standard InChI is InChI=1S/C23H18FN3O3S2/c1-13-11-16(24)5-8-19(13)27-22(30)21-18(9-10-31-21)26-23(27)32-12-20(29)25-17-6-3-15(4-7-17)14(2)28/h3-11H,12H2,1-2H3,(H,25,29). The number of aromatic nitrogens is 2. The molecule has 4 aromatic rings. The first-order valence-electron chi connectivity index (χ1n) is 9.64. The maximum absolute atomic E-state index is 13.6. The van der Waals surface area contributed by atoms with Crippen molar-refractivity contribution in [2.75, 3.05) is 11.1 Å².